The lowest BCUT2D eigenvalue weighted by molar-refractivity contribution is -0.384. The van der Waals surface area contributed by atoms with E-state index >= 15 is 0 Å². The van der Waals surface area contributed by atoms with Crippen LogP contribution in [0.15, 0.2) is 54.7 Å². The van der Waals surface area contributed by atoms with Crippen molar-refractivity contribution in [1.29, 1.82) is 0 Å². The van der Waals surface area contributed by atoms with Crippen LogP contribution in [-0.4, -0.2) is 22.1 Å². The van der Waals surface area contributed by atoms with Crippen molar-refractivity contribution in [1.82, 2.24) is 9.88 Å². The maximum absolute atomic E-state index is 13.3. The average molecular weight is 351 g/mol. The highest BCUT2D eigenvalue weighted by atomic mass is 19.1. The molecule has 1 aromatic heterocycles. The molecule has 2 aromatic carbocycles. The van der Waals surface area contributed by atoms with E-state index in [0.29, 0.717) is 6.04 Å². The lowest BCUT2D eigenvalue weighted by Gasteiger charge is -2.20. The number of hydrogen-bond donors (Lipinski definition) is 1. The number of aromatic nitrogens is 1. The molecule has 6 heteroatoms. The van der Waals surface area contributed by atoms with Crippen molar-refractivity contribution in [3.63, 3.8) is 0 Å². The minimum absolute atomic E-state index is 0.0678. The zero-order valence-corrected chi connectivity index (χ0v) is 14.3. The molecule has 1 atom stereocenters. The smallest absolute Gasteiger partial charge is 0.270 e. The van der Waals surface area contributed by atoms with Gasteiger partial charge in [-0.25, -0.2) is 4.39 Å². The Balaban J connectivity index is 1.94. The fourth-order valence-corrected chi connectivity index (χ4v) is 3.49. The van der Waals surface area contributed by atoms with E-state index in [0.717, 1.165) is 35.1 Å². The Hall–Kier alpha value is -2.99. The van der Waals surface area contributed by atoms with Crippen molar-refractivity contribution in [2.24, 2.45) is 0 Å². The Labute approximate surface area is 149 Å². The van der Waals surface area contributed by atoms with Crippen LogP contribution in [0.5, 0.6) is 0 Å². The van der Waals surface area contributed by atoms with Crippen LogP contribution in [0.3, 0.4) is 0 Å². The molecule has 0 fully saturated rings. The SMILES string of the molecule is CC1CC(c2cn(-c3ccc(F)cc3)c3ccc([N+](=O)[O-])cc23)=CCN1. The lowest BCUT2D eigenvalue weighted by Crippen LogP contribution is -2.29. The van der Waals surface area contributed by atoms with E-state index < -0.39 is 0 Å². The Bertz CT molecular complexity index is 1020. The molecule has 1 aliphatic heterocycles. The average Bonchev–Trinajstić information content (AvgIpc) is 3.01. The van der Waals surface area contributed by atoms with Crippen molar-refractivity contribution in [3.05, 3.63) is 76.2 Å². The first-order valence-electron chi connectivity index (χ1n) is 8.51. The molecule has 26 heavy (non-hydrogen) atoms. The minimum Gasteiger partial charge on any atom is -0.316 e. The number of benzene rings is 2. The van der Waals surface area contributed by atoms with Gasteiger partial charge in [-0.05, 0) is 49.2 Å². The van der Waals surface area contributed by atoms with Gasteiger partial charge in [0.1, 0.15) is 5.82 Å². The molecule has 0 aliphatic carbocycles. The Morgan fingerprint density at radius 1 is 1.23 bits per heavy atom. The largest absolute Gasteiger partial charge is 0.316 e. The maximum Gasteiger partial charge on any atom is 0.270 e. The number of nitrogens with zero attached hydrogens (tertiary/aromatic N) is 2. The Morgan fingerprint density at radius 2 is 2.00 bits per heavy atom. The molecule has 2 heterocycles. The summed E-state index contributed by atoms with van der Waals surface area (Å²) in [5, 5.41) is 15.4. The van der Waals surface area contributed by atoms with Crippen molar-refractivity contribution in [2.75, 3.05) is 6.54 Å². The predicted molar refractivity (Wildman–Crippen MR) is 99.9 cm³/mol. The van der Waals surface area contributed by atoms with E-state index in [-0.39, 0.29) is 16.4 Å². The highest BCUT2D eigenvalue weighted by Gasteiger charge is 2.19. The topological polar surface area (TPSA) is 60.1 Å². The molecule has 4 rings (SSSR count). The standard InChI is InChI=1S/C20H18FN3O2/c1-13-10-14(8-9-22-13)19-12-23(16-4-2-15(21)3-5-16)20-7-6-17(24(25)26)11-18(19)20/h2-8,11-13,22H,9-10H2,1H3. The summed E-state index contributed by atoms with van der Waals surface area (Å²) < 4.78 is 15.3. The fraction of sp³-hybridized carbons (Fsp3) is 0.200. The number of nitro benzene ring substituents is 1. The van der Waals surface area contributed by atoms with Gasteiger partial charge < -0.3 is 9.88 Å². The first-order valence-corrected chi connectivity index (χ1v) is 8.51. The summed E-state index contributed by atoms with van der Waals surface area (Å²) in [7, 11) is 0. The molecule has 1 aliphatic rings. The lowest BCUT2D eigenvalue weighted by atomic mass is 9.96. The van der Waals surface area contributed by atoms with Crippen LogP contribution in [0.25, 0.3) is 22.2 Å². The fourth-order valence-electron chi connectivity index (χ4n) is 3.49. The molecule has 0 radical (unpaired) electrons. The monoisotopic (exact) mass is 351 g/mol. The predicted octanol–water partition coefficient (Wildman–Crippen LogP) is 4.44. The van der Waals surface area contributed by atoms with Gasteiger partial charge >= 0.3 is 0 Å². The van der Waals surface area contributed by atoms with Crippen LogP contribution in [0.2, 0.25) is 0 Å². The zero-order valence-electron chi connectivity index (χ0n) is 14.3. The summed E-state index contributed by atoms with van der Waals surface area (Å²) >= 11 is 0. The molecular formula is C20H18FN3O2. The number of fused-ring (bicyclic) bond motifs is 1. The van der Waals surface area contributed by atoms with Gasteiger partial charge in [-0.15, -0.1) is 0 Å². The van der Waals surface area contributed by atoms with E-state index in [9.17, 15) is 14.5 Å². The van der Waals surface area contributed by atoms with Gasteiger partial charge in [0.05, 0.1) is 10.4 Å². The summed E-state index contributed by atoms with van der Waals surface area (Å²) in [6.07, 6.45) is 4.97. The summed E-state index contributed by atoms with van der Waals surface area (Å²) in [5.41, 5.74) is 3.91. The van der Waals surface area contributed by atoms with E-state index in [1.807, 2.05) is 10.8 Å². The number of hydrogen-bond acceptors (Lipinski definition) is 3. The Morgan fingerprint density at radius 3 is 2.69 bits per heavy atom. The molecule has 132 valence electrons. The van der Waals surface area contributed by atoms with Crippen molar-refractivity contribution in [3.8, 4) is 5.69 Å². The van der Waals surface area contributed by atoms with Crippen LogP contribution in [0.4, 0.5) is 10.1 Å². The van der Waals surface area contributed by atoms with Crippen molar-refractivity contribution >= 4 is 22.2 Å². The summed E-state index contributed by atoms with van der Waals surface area (Å²) in [4.78, 5) is 10.9. The number of halogens is 1. The molecule has 3 aromatic rings. The molecule has 0 bridgehead atoms. The Kier molecular flexibility index (Phi) is 4.05. The highest BCUT2D eigenvalue weighted by Crippen LogP contribution is 2.34. The molecule has 0 saturated heterocycles. The maximum atomic E-state index is 13.3. The summed E-state index contributed by atoms with van der Waals surface area (Å²) in [6, 6.07) is 11.5. The van der Waals surface area contributed by atoms with Gasteiger partial charge in [0.15, 0.2) is 0 Å². The van der Waals surface area contributed by atoms with Gasteiger partial charge in [-0.3, -0.25) is 10.1 Å². The van der Waals surface area contributed by atoms with Crippen molar-refractivity contribution in [2.45, 2.75) is 19.4 Å². The van der Waals surface area contributed by atoms with Gasteiger partial charge in [0, 0.05) is 47.6 Å². The summed E-state index contributed by atoms with van der Waals surface area (Å²) in [6.45, 7) is 2.89. The van der Waals surface area contributed by atoms with Crippen LogP contribution in [0, 0.1) is 15.9 Å². The quantitative estimate of drug-likeness (QED) is 0.560. The minimum atomic E-state index is -0.377. The third-order valence-corrected chi connectivity index (χ3v) is 4.79. The molecule has 1 N–H and O–H groups in total. The number of nitrogens with one attached hydrogen (secondary N) is 1. The van der Waals surface area contributed by atoms with Crippen LogP contribution in [0.1, 0.15) is 18.9 Å². The van der Waals surface area contributed by atoms with E-state index in [1.54, 1.807) is 24.3 Å². The van der Waals surface area contributed by atoms with E-state index in [4.69, 9.17) is 0 Å². The van der Waals surface area contributed by atoms with Gasteiger partial charge in [-0.2, -0.15) is 0 Å². The molecule has 0 amide bonds. The second-order valence-electron chi connectivity index (χ2n) is 6.59. The highest BCUT2D eigenvalue weighted by molar-refractivity contribution is 5.95. The number of nitro groups is 1. The zero-order chi connectivity index (χ0) is 18.3. The first-order chi connectivity index (χ1) is 12.5. The van der Waals surface area contributed by atoms with Crippen LogP contribution >= 0.6 is 0 Å². The molecular weight excluding hydrogens is 333 g/mol. The number of rotatable bonds is 3. The van der Waals surface area contributed by atoms with Gasteiger partial charge in [-0.1, -0.05) is 6.08 Å². The molecule has 0 spiro atoms. The van der Waals surface area contributed by atoms with E-state index in [1.165, 1.54) is 23.8 Å². The normalized spacial score (nSPS) is 17.3. The second-order valence-corrected chi connectivity index (χ2v) is 6.59. The van der Waals surface area contributed by atoms with Gasteiger partial charge in [0.2, 0.25) is 0 Å². The first kappa shape index (κ1) is 16.5. The molecule has 1 unspecified atom stereocenters. The third kappa shape index (κ3) is 2.88. The van der Waals surface area contributed by atoms with Crippen molar-refractivity contribution < 1.29 is 9.31 Å². The van der Waals surface area contributed by atoms with Crippen LogP contribution in [-0.2, 0) is 0 Å². The third-order valence-electron chi connectivity index (χ3n) is 4.79. The summed E-state index contributed by atoms with van der Waals surface area (Å²) in [5.74, 6) is -0.295. The van der Waals surface area contributed by atoms with Gasteiger partial charge in [0.25, 0.3) is 5.69 Å². The second kappa shape index (κ2) is 6.38. The number of non-ortho nitro benzene ring substituents is 1. The van der Waals surface area contributed by atoms with E-state index in [2.05, 4.69) is 18.3 Å². The molecule has 5 nitrogen and oxygen atoms in total. The molecule has 0 saturated carbocycles. The van der Waals surface area contributed by atoms with Crippen LogP contribution < -0.4 is 5.32 Å².